The molecule has 1 aromatic heterocycles. The van der Waals surface area contributed by atoms with Crippen molar-refractivity contribution in [1.29, 1.82) is 0 Å². The SMILES string of the molecule is COc1ccc(S(=O)(=O)N(C)C(C)c2ccccn2)cc1OC. The second kappa shape index (κ2) is 6.97. The molecule has 0 saturated heterocycles. The average Bonchev–Trinajstić information content (AvgIpc) is 2.60. The molecule has 2 rings (SSSR count). The monoisotopic (exact) mass is 336 g/mol. The molecule has 0 aliphatic heterocycles. The van der Waals surface area contributed by atoms with Gasteiger partial charge in [0.15, 0.2) is 11.5 Å². The van der Waals surface area contributed by atoms with E-state index < -0.39 is 16.1 Å². The molecule has 0 spiro atoms. The van der Waals surface area contributed by atoms with Gasteiger partial charge < -0.3 is 9.47 Å². The van der Waals surface area contributed by atoms with Crippen LogP contribution in [0.3, 0.4) is 0 Å². The van der Waals surface area contributed by atoms with Gasteiger partial charge in [-0.1, -0.05) is 6.07 Å². The van der Waals surface area contributed by atoms with Gasteiger partial charge in [-0.15, -0.1) is 0 Å². The first-order valence-electron chi connectivity index (χ1n) is 7.02. The maximum atomic E-state index is 12.8. The number of hydrogen-bond donors (Lipinski definition) is 0. The maximum absolute atomic E-state index is 12.8. The fraction of sp³-hybridized carbons (Fsp3) is 0.312. The van der Waals surface area contributed by atoms with E-state index in [0.717, 1.165) is 0 Å². The smallest absolute Gasteiger partial charge is 0.243 e. The third-order valence-electron chi connectivity index (χ3n) is 3.69. The highest BCUT2D eigenvalue weighted by molar-refractivity contribution is 7.89. The first-order valence-corrected chi connectivity index (χ1v) is 8.46. The van der Waals surface area contributed by atoms with E-state index in [4.69, 9.17) is 9.47 Å². The largest absolute Gasteiger partial charge is 0.493 e. The Bertz CT molecular complexity index is 763. The summed E-state index contributed by atoms with van der Waals surface area (Å²) in [7, 11) is 0.815. The lowest BCUT2D eigenvalue weighted by Gasteiger charge is -2.24. The molecule has 6 nitrogen and oxygen atoms in total. The van der Waals surface area contributed by atoms with E-state index in [9.17, 15) is 8.42 Å². The summed E-state index contributed by atoms with van der Waals surface area (Å²) >= 11 is 0. The molecular formula is C16H20N2O4S. The Balaban J connectivity index is 2.38. The molecule has 1 unspecified atom stereocenters. The highest BCUT2D eigenvalue weighted by atomic mass is 32.2. The van der Waals surface area contributed by atoms with Gasteiger partial charge in [0.25, 0.3) is 0 Å². The summed E-state index contributed by atoms with van der Waals surface area (Å²) < 4.78 is 37.2. The molecule has 1 aromatic carbocycles. The molecule has 0 radical (unpaired) electrons. The van der Waals surface area contributed by atoms with Crippen LogP contribution in [0.15, 0.2) is 47.5 Å². The van der Waals surface area contributed by atoms with Crippen molar-refractivity contribution >= 4 is 10.0 Å². The fourth-order valence-corrected chi connectivity index (χ4v) is 3.51. The highest BCUT2D eigenvalue weighted by Crippen LogP contribution is 2.32. The highest BCUT2D eigenvalue weighted by Gasteiger charge is 2.27. The zero-order valence-corrected chi connectivity index (χ0v) is 14.4. The van der Waals surface area contributed by atoms with Crippen molar-refractivity contribution in [3.05, 3.63) is 48.3 Å². The normalized spacial score (nSPS) is 12.9. The summed E-state index contributed by atoms with van der Waals surface area (Å²) in [6.45, 7) is 1.79. The number of benzene rings is 1. The first kappa shape index (κ1) is 17.2. The van der Waals surface area contributed by atoms with Gasteiger partial charge in [-0.2, -0.15) is 4.31 Å². The number of methoxy groups -OCH3 is 2. The Labute approximate surface area is 136 Å². The second-order valence-electron chi connectivity index (χ2n) is 4.97. The van der Waals surface area contributed by atoms with E-state index in [-0.39, 0.29) is 4.90 Å². The Morgan fingerprint density at radius 3 is 2.35 bits per heavy atom. The minimum Gasteiger partial charge on any atom is -0.493 e. The zero-order valence-electron chi connectivity index (χ0n) is 13.6. The summed E-state index contributed by atoms with van der Waals surface area (Å²) in [5, 5.41) is 0. The lowest BCUT2D eigenvalue weighted by Crippen LogP contribution is -2.30. The zero-order chi connectivity index (χ0) is 17.0. The van der Waals surface area contributed by atoms with Crippen LogP contribution in [0.5, 0.6) is 11.5 Å². The van der Waals surface area contributed by atoms with Crippen LogP contribution in [-0.2, 0) is 10.0 Å². The Kier molecular flexibility index (Phi) is 5.23. The maximum Gasteiger partial charge on any atom is 0.243 e. The third kappa shape index (κ3) is 3.46. The van der Waals surface area contributed by atoms with Crippen LogP contribution in [0, 0.1) is 0 Å². The lowest BCUT2D eigenvalue weighted by atomic mass is 10.2. The van der Waals surface area contributed by atoms with Crippen molar-refractivity contribution in [2.75, 3.05) is 21.3 Å². The number of nitrogens with zero attached hydrogens (tertiary/aromatic N) is 2. The first-order chi connectivity index (χ1) is 10.9. The van der Waals surface area contributed by atoms with Gasteiger partial charge >= 0.3 is 0 Å². The average molecular weight is 336 g/mol. The van der Waals surface area contributed by atoms with Gasteiger partial charge in [0.05, 0.1) is 30.9 Å². The summed E-state index contributed by atoms with van der Waals surface area (Å²) in [6, 6.07) is 9.55. The molecule has 0 N–H and O–H groups in total. The molecule has 0 amide bonds. The molecule has 23 heavy (non-hydrogen) atoms. The Hall–Kier alpha value is -2.12. The Morgan fingerprint density at radius 1 is 1.09 bits per heavy atom. The molecule has 0 saturated carbocycles. The van der Waals surface area contributed by atoms with Gasteiger partial charge in [0.2, 0.25) is 10.0 Å². The number of rotatable bonds is 6. The second-order valence-corrected chi connectivity index (χ2v) is 6.97. The molecule has 124 valence electrons. The topological polar surface area (TPSA) is 68.7 Å². The fourth-order valence-electron chi connectivity index (χ4n) is 2.16. The van der Waals surface area contributed by atoms with Crippen molar-refractivity contribution in [3.8, 4) is 11.5 Å². The van der Waals surface area contributed by atoms with Gasteiger partial charge in [-0.3, -0.25) is 4.98 Å². The lowest BCUT2D eigenvalue weighted by molar-refractivity contribution is 0.353. The summed E-state index contributed by atoms with van der Waals surface area (Å²) in [6.07, 6.45) is 1.64. The Morgan fingerprint density at radius 2 is 1.78 bits per heavy atom. The summed E-state index contributed by atoms with van der Waals surface area (Å²) in [4.78, 5) is 4.36. The van der Waals surface area contributed by atoms with E-state index in [1.54, 1.807) is 31.3 Å². The van der Waals surface area contributed by atoms with Crippen molar-refractivity contribution in [1.82, 2.24) is 9.29 Å². The minimum absolute atomic E-state index is 0.139. The van der Waals surface area contributed by atoms with Gasteiger partial charge in [0.1, 0.15) is 0 Å². The van der Waals surface area contributed by atoms with Crippen LogP contribution in [-0.4, -0.2) is 39.0 Å². The molecule has 1 heterocycles. The quantitative estimate of drug-likeness (QED) is 0.810. The third-order valence-corrected chi connectivity index (χ3v) is 5.62. The molecule has 0 aliphatic rings. The van der Waals surface area contributed by atoms with Gasteiger partial charge in [-0.25, -0.2) is 8.42 Å². The van der Waals surface area contributed by atoms with Gasteiger partial charge in [-0.05, 0) is 31.2 Å². The number of aromatic nitrogens is 1. The van der Waals surface area contributed by atoms with Crippen molar-refractivity contribution in [2.45, 2.75) is 17.9 Å². The number of ether oxygens (including phenoxy) is 2. The van der Waals surface area contributed by atoms with E-state index in [1.165, 1.54) is 37.7 Å². The van der Waals surface area contributed by atoms with Crippen LogP contribution >= 0.6 is 0 Å². The van der Waals surface area contributed by atoms with E-state index in [1.807, 2.05) is 6.07 Å². The van der Waals surface area contributed by atoms with Crippen molar-refractivity contribution in [3.63, 3.8) is 0 Å². The van der Waals surface area contributed by atoms with E-state index >= 15 is 0 Å². The van der Waals surface area contributed by atoms with Crippen molar-refractivity contribution < 1.29 is 17.9 Å². The summed E-state index contributed by atoms with van der Waals surface area (Å²) in [5.74, 6) is 0.847. The molecule has 1 atom stereocenters. The number of pyridine rings is 1. The van der Waals surface area contributed by atoms with Crippen LogP contribution in [0.2, 0.25) is 0 Å². The predicted octanol–water partition coefficient (Wildman–Crippen LogP) is 2.48. The molecular weight excluding hydrogens is 316 g/mol. The van der Waals surface area contributed by atoms with E-state index in [2.05, 4.69) is 4.98 Å². The predicted molar refractivity (Wildman–Crippen MR) is 87.1 cm³/mol. The summed E-state index contributed by atoms with van der Waals surface area (Å²) in [5.41, 5.74) is 0.680. The van der Waals surface area contributed by atoms with Crippen LogP contribution in [0.4, 0.5) is 0 Å². The van der Waals surface area contributed by atoms with Crippen molar-refractivity contribution in [2.24, 2.45) is 0 Å². The molecule has 0 fully saturated rings. The molecule has 0 aliphatic carbocycles. The minimum atomic E-state index is -3.69. The number of sulfonamides is 1. The number of hydrogen-bond acceptors (Lipinski definition) is 5. The van der Waals surface area contributed by atoms with E-state index in [0.29, 0.717) is 17.2 Å². The molecule has 7 heteroatoms. The van der Waals surface area contributed by atoms with Gasteiger partial charge in [0, 0.05) is 19.3 Å². The standard InChI is InChI=1S/C16H20N2O4S/c1-12(14-7-5-6-10-17-14)18(2)23(19,20)13-8-9-15(21-3)16(11-13)22-4/h5-12H,1-4H3. The van der Waals surface area contributed by atoms with Crippen LogP contribution in [0.25, 0.3) is 0 Å². The van der Waals surface area contributed by atoms with Crippen LogP contribution in [0.1, 0.15) is 18.7 Å². The molecule has 0 bridgehead atoms. The van der Waals surface area contributed by atoms with Crippen LogP contribution < -0.4 is 9.47 Å². The molecule has 2 aromatic rings.